The van der Waals surface area contributed by atoms with Crippen LogP contribution in [0.1, 0.15) is 38.5 Å². The van der Waals surface area contributed by atoms with Gasteiger partial charge in [-0.15, -0.1) is 36.9 Å². The topological polar surface area (TPSA) is 81.7 Å². The third-order valence-electron chi connectivity index (χ3n) is 5.13. The summed E-state index contributed by atoms with van der Waals surface area (Å²) in [5, 5.41) is 3.08. The third kappa shape index (κ3) is 6.87. The molecule has 0 bridgehead atoms. The molecule has 1 aromatic heterocycles. The second-order valence-electron chi connectivity index (χ2n) is 8.81. The lowest BCUT2D eigenvalue weighted by molar-refractivity contribution is -0.274. The Morgan fingerprint density at radius 3 is 2.32 bits per heavy atom. The molecule has 1 aliphatic heterocycles. The van der Waals surface area contributed by atoms with Gasteiger partial charge in [-0.25, -0.2) is 8.42 Å². The lowest BCUT2D eigenvalue weighted by Crippen LogP contribution is -2.40. The Morgan fingerprint density at radius 1 is 1.09 bits per heavy atom. The lowest BCUT2D eigenvalue weighted by Gasteiger charge is -2.31. The number of nitrogens with one attached hydrogen (secondary N) is 1. The highest BCUT2D eigenvalue weighted by Crippen LogP contribution is 2.45. The zero-order chi connectivity index (χ0) is 24.5. The summed E-state index contributed by atoms with van der Waals surface area (Å²) in [7, 11) is -3.72. The molecule has 190 valence electrons. The van der Waals surface area contributed by atoms with E-state index in [1.807, 2.05) is 0 Å². The maximum Gasteiger partial charge on any atom is 0.573 e. The van der Waals surface area contributed by atoms with Crippen molar-refractivity contribution < 1.29 is 35.9 Å². The van der Waals surface area contributed by atoms with E-state index < -0.39 is 32.5 Å². The average Bonchev–Trinajstić information content (AvgIpc) is 3.09. The quantitative estimate of drug-likeness (QED) is 0.532. The van der Waals surface area contributed by atoms with Crippen LogP contribution >= 0.6 is 23.7 Å². The number of hydrogen-bond donors (Lipinski definition) is 1. The Balaban J connectivity index is 0.00000408. The normalized spacial score (nSPS) is 20.6. The smallest absolute Gasteiger partial charge is 0.460 e. The van der Waals surface area contributed by atoms with Gasteiger partial charge >= 0.3 is 12.3 Å². The van der Waals surface area contributed by atoms with Crippen molar-refractivity contribution in [1.82, 2.24) is 5.32 Å². The van der Waals surface area contributed by atoms with Crippen LogP contribution in [0.2, 0.25) is 0 Å². The zero-order valence-electron chi connectivity index (χ0n) is 18.9. The Hall–Kier alpha value is -1.82. The van der Waals surface area contributed by atoms with Crippen LogP contribution in [0, 0.1) is 0 Å². The van der Waals surface area contributed by atoms with E-state index in [-0.39, 0.29) is 43.3 Å². The van der Waals surface area contributed by atoms with Gasteiger partial charge in [0, 0.05) is 16.3 Å². The van der Waals surface area contributed by atoms with Crippen LogP contribution in [-0.4, -0.2) is 45.2 Å². The van der Waals surface area contributed by atoms with Gasteiger partial charge in [0.2, 0.25) is 0 Å². The standard InChI is InChI=1S/C22H26F3NO5S2.ClH/c1-20(2,3)31-19(27)14-21(10-11-26-12-13-33(21,28)29)18-9-8-17(32-18)15-4-6-16(7-5-15)30-22(23,24)25;/h4-9,26H,10-14H2,1-3H3;1H/t21-;/m0./s1. The van der Waals surface area contributed by atoms with Crippen molar-refractivity contribution in [3.8, 4) is 16.2 Å². The largest absolute Gasteiger partial charge is 0.573 e. The molecule has 1 saturated heterocycles. The van der Waals surface area contributed by atoms with E-state index >= 15 is 0 Å². The zero-order valence-corrected chi connectivity index (χ0v) is 21.3. The van der Waals surface area contributed by atoms with E-state index in [9.17, 15) is 26.4 Å². The fourth-order valence-electron chi connectivity index (χ4n) is 3.70. The lowest BCUT2D eigenvalue weighted by atomic mass is 9.97. The number of halogens is 4. The molecule has 0 radical (unpaired) electrons. The van der Waals surface area contributed by atoms with Gasteiger partial charge in [0.25, 0.3) is 0 Å². The van der Waals surface area contributed by atoms with Gasteiger partial charge in [-0.3, -0.25) is 4.79 Å². The maximum atomic E-state index is 13.4. The van der Waals surface area contributed by atoms with Crippen molar-refractivity contribution in [2.75, 3.05) is 18.8 Å². The summed E-state index contributed by atoms with van der Waals surface area (Å²) in [5.41, 5.74) is -0.149. The van der Waals surface area contributed by atoms with Gasteiger partial charge in [0.05, 0.1) is 12.2 Å². The van der Waals surface area contributed by atoms with E-state index in [0.717, 1.165) is 0 Å². The number of carbonyl (C=O) groups is 1. The Morgan fingerprint density at radius 2 is 1.74 bits per heavy atom. The summed E-state index contributed by atoms with van der Waals surface area (Å²) in [6, 6.07) is 8.73. The summed E-state index contributed by atoms with van der Waals surface area (Å²) in [5.74, 6) is -1.06. The molecule has 3 rings (SSSR count). The highest BCUT2D eigenvalue weighted by atomic mass is 35.5. The first-order valence-electron chi connectivity index (χ1n) is 10.3. The molecule has 1 fully saturated rings. The van der Waals surface area contributed by atoms with Crippen LogP contribution < -0.4 is 10.1 Å². The van der Waals surface area contributed by atoms with Crippen LogP contribution in [0.3, 0.4) is 0 Å². The monoisotopic (exact) mass is 541 g/mol. The Bertz CT molecular complexity index is 1090. The molecule has 0 aliphatic carbocycles. The SMILES string of the molecule is CC(C)(C)OC(=O)C[C@]1(c2ccc(-c3ccc(OC(F)(F)F)cc3)s2)CCNCCS1(=O)=O.Cl. The van der Waals surface area contributed by atoms with Gasteiger partial charge in [-0.1, -0.05) is 0 Å². The first-order valence-corrected chi connectivity index (χ1v) is 12.8. The summed E-state index contributed by atoms with van der Waals surface area (Å²) in [4.78, 5) is 13.9. The number of rotatable bonds is 5. The predicted molar refractivity (Wildman–Crippen MR) is 127 cm³/mol. The molecule has 2 heterocycles. The molecule has 0 amide bonds. The number of alkyl halides is 3. The average molecular weight is 542 g/mol. The van der Waals surface area contributed by atoms with E-state index in [2.05, 4.69) is 10.1 Å². The van der Waals surface area contributed by atoms with E-state index in [4.69, 9.17) is 4.74 Å². The first-order chi connectivity index (χ1) is 15.2. The molecular formula is C22H27ClF3NO5S2. The van der Waals surface area contributed by atoms with Crippen LogP contribution in [0.15, 0.2) is 36.4 Å². The van der Waals surface area contributed by atoms with Gasteiger partial charge in [-0.05, 0) is 75.7 Å². The third-order valence-corrected chi connectivity index (χ3v) is 9.09. The molecule has 0 saturated carbocycles. The molecule has 1 aliphatic rings. The fourth-order valence-corrected chi connectivity index (χ4v) is 7.26. The van der Waals surface area contributed by atoms with Crippen molar-refractivity contribution in [1.29, 1.82) is 0 Å². The van der Waals surface area contributed by atoms with Crippen LogP contribution in [0.25, 0.3) is 10.4 Å². The Labute approximate surface area is 207 Å². The summed E-state index contributed by atoms with van der Waals surface area (Å²) >= 11 is 1.20. The molecular weight excluding hydrogens is 515 g/mol. The van der Waals surface area contributed by atoms with Crippen molar-refractivity contribution >= 4 is 39.6 Å². The number of sulfone groups is 1. The number of benzene rings is 1. The van der Waals surface area contributed by atoms with Crippen molar-refractivity contribution in [3.63, 3.8) is 0 Å². The highest BCUT2D eigenvalue weighted by molar-refractivity contribution is 7.92. The molecule has 2 aromatic rings. The molecule has 12 heteroatoms. The van der Waals surface area contributed by atoms with Crippen LogP contribution in [0.5, 0.6) is 5.75 Å². The van der Waals surface area contributed by atoms with E-state index in [1.165, 1.54) is 35.6 Å². The first kappa shape index (κ1) is 28.4. The number of thiophene rings is 1. The molecule has 6 nitrogen and oxygen atoms in total. The molecule has 34 heavy (non-hydrogen) atoms. The summed E-state index contributed by atoms with van der Waals surface area (Å²) < 4.78 is 71.9. The number of esters is 1. The van der Waals surface area contributed by atoms with Crippen molar-refractivity contribution in [2.24, 2.45) is 0 Å². The number of ether oxygens (including phenoxy) is 2. The minimum Gasteiger partial charge on any atom is -0.460 e. The van der Waals surface area contributed by atoms with Gasteiger partial charge in [-0.2, -0.15) is 0 Å². The summed E-state index contributed by atoms with van der Waals surface area (Å²) in [6.07, 6.45) is -4.90. The van der Waals surface area contributed by atoms with Crippen molar-refractivity contribution in [3.05, 3.63) is 41.3 Å². The second-order valence-corrected chi connectivity index (χ2v) is 12.3. The number of carbonyl (C=O) groups excluding carboxylic acids is 1. The Kier molecular flexibility index (Phi) is 8.72. The molecule has 0 unspecified atom stereocenters. The fraction of sp³-hybridized carbons (Fsp3) is 0.500. The summed E-state index contributed by atoms with van der Waals surface area (Å²) in [6.45, 7) is 5.86. The molecule has 1 aromatic carbocycles. The van der Waals surface area contributed by atoms with Gasteiger partial charge < -0.3 is 14.8 Å². The van der Waals surface area contributed by atoms with E-state index in [1.54, 1.807) is 32.9 Å². The van der Waals surface area contributed by atoms with E-state index in [0.29, 0.717) is 21.9 Å². The van der Waals surface area contributed by atoms with Gasteiger partial charge in [0.1, 0.15) is 16.1 Å². The maximum absolute atomic E-state index is 13.4. The molecule has 1 N–H and O–H groups in total. The van der Waals surface area contributed by atoms with Gasteiger partial charge in [0.15, 0.2) is 9.84 Å². The minimum atomic E-state index is -4.78. The minimum absolute atomic E-state index is 0. The molecule has 0 spiro atoms. The van der Waals surface area contributed by atoms with Crippen LogP contribution in [0.4, 0.5) is 13.2 Å². The predicted octanol–water partition coefficient (Wildman–Crippen LogP) is 5.07. The van der Waals surface area contributed by atoms with Crippen molar-refractivity contribution in [2.45, 2.75) is 50.3 Å². The molecule has 1 atom stereocenters. The van der Waals surface area contributed by atoms with Crippen LogP contribution in [-0.2, 0) is 24.1 Å². The highest BCUT2D eigenvalue weighted by Gasteiger charge is 2.49. The second kappa shape index (κ2) is 10.4. The number of hydrogen-bond acceptors (Lipinski definition) is 7.